The zero-order valence-corrected chi connectivity index (χ0v) is 12.5. The van der Waals surface area contributed by atoms with Gasteiger partial charge in [-0.3, -0.25) is 9.69 Å². The van der Waals surface area contributed by atoms with Gasteiger partial charge in [-0.25, -0.2) is 0 Å². The molecule has 6 heteroatoms. The number of likely N-dealkylation sites (N-methyl/N-ethyl adjacent to an activating group) is 1. The summed E-state index contributed by atoms with van der Waals surface area (Å²) in [6.07, 6.45) is 0. The SMILES string of the molecule is CN1CCN(CCNC(=O)COc2ccc(N)cc2)CC1. The van der Waals surface area contributed by atoms with Gasteiger partial charge in [-0.1, -0.05) is 0 Å². The molecule has 2 rings (SSSR count). The first-order valence-electron chi connectivity index (χ1n) is 7.29. The van der Waals surface area contributed by atoms with Gasteiger partial charge in [0, 0.05) is 45.0 Å². The van der Waals surface area contributed by atoms with E-state index in [1.54, 1.807) is 24.3 Å². The monoisotopic (exact) mass is 292 g/mol. The lowest BCUT2D eigenvalue weighted by molar-refractivity contribution is -0.123. The maximum absolute atomic E-state index is 11.7. The number of rotatable bonds is 6. The highest BCUT2D eigenvalue weighted by molar-refractivity contribution is 5.77. The lowest BCUT2D eigenvalue weighted by Crippen LogP contribution is -2.47. The molecule has 21 heavy (non-hydrogen) atoms. The van der Waals surface area contributed by atoms with Gasteiger partial charge >= 0.3 is 0 Å². The minimum Gasteiger partial charge on any atom is -0.484 e. The third-order valence-corrected chi connectivity index (χ3v) is 3.60. The number of carbonyl (C=O) groups is 1. The number of nitrogen functional groups attached to an aromatic ring is 1. The molecule has 0 unspecified atom stereocenters. The van der Waals surface area contributed by atoms with Gasteiger partial charge in [0.25, 0.3) is 5.91 Å². The third-order valence-electron chi connectivity index (χ3n) is 3.60. The van der Waals surface area contributed by atoms with Crippen molar-refractivity contribution in [2.45, 2.75) is 0 Å². The summed E-state index contributed by atoms with van der Waals surface area (Å²) in [5.74, 6) is 0.555. The van der Waals surface area contributed by atoms with E-state index in [1.807, 2.05) is 0 Å². The largest absolute Gasteiger partial charge is 0.484 e. The Morgan fingerprint density at radius 2 is 1.90 bits per heavy atom. The van der Waals surface area contributed by atoms with Crippen molar-refractivity contribution in [2.75, 3.05) is 58.7 Å². The van der Waals surface area contributed by atoms with Gasteiger partial charge in [0.05, 0.1) is 0 Å². The van der Waals surface area contributed by atoms with Crippen LogP contribution in [-0.4, -0.2) is 68.6 Å². The van der Waals surface area contributed by atoms with Crippen LogP contribution >= 0.6 is 0 Å². The molecule has 0 atom stereocenters. The molecule has 1 aromatic carbocycles. The zero-order chi connectivity index (χ0) is 15.1. The highest BCUT2D eigenvalue weighted by Crippen LogP contribution is 2.12. The Kier molecular flexibility index (Phi) is 5.83. The molecule has 1 aliphatic rings. The molecule has 0 aliphatic carbocycles. The molecule has 1 heterocycles. The first-order valence-corrected chi connectivity index (χ1v) is 7.29. The van der Waals surface area contributed by atoms with E-state index in [0.717, 1.165) is 32.7 Å². The van der Waals surface area contributed by atoms with Crippen LogP contribution in [0.2, 0.25) is 0 Å². The summed E-state index contributed by atoms with van der Waals surface area (Å²) in [6, 6.07) is 7.01. The van der Waals surface area contributed by atoms with Crippen molar-refractivity contribution in [1.82, 2.24) is 15.1 Å². The number of ether oxygens (including phenoxy) is 1. The van der Waals surface area contributed by atoms with Crippen molar-refractivity contribution < 1.29 is 9.53 Å². The molecule has 1 saturated heterocycles. The number of piperazine rings is 1. The number of nitrogens with zero attached hydrogens (tertiary/aromatic N) is 2. The number of hydrogen-bond acceptors (Lipinski definition) is 5. The molecule has 1 aliphatic heterocycles. The van der Waals surface area contributed by atoms with Crippen molar-refractivity contribution in [3.63, 3.8) is 0 Å². The standard InChI is InChI=1S/C15H24N4O2/c1-18-8-10-19(11-9-18)7-6-17-15(20)12-21-14-4-2-13(16)3-5-14/h2-5H,6-12,16H2,1H3,(H,17,20). The first kappa shape index (κ1) is 15.6. The summed E-state index contributed by atoms with van der Waals surface area (Å²) in [5, 5.41) is 2.88. The van der Waals surface area contributed by atoms with Gasteiger partial charge in [-0.15, -0.1) is 0 Å². The van der Waals surface area contributed by atoms with E-state index in [0.29, 0.717) is 18.0 Å². The summed E-state index contributed by atoms with van der Waals surface area (Å²) < 4.78 is 5.39. The average molecular weight is 292 g/mol. The summed E-state index contributed by atoms with van der Waals surface area (Å²) in [6.45, 7) is 5.90. The fourth-order valence-electron chi connectivity index (χ4n) is 2.19. The van der Waals surface area contributed by atoms with Crippen LogP contribution in [0.3, 0.4) is 0 Å². The molecule has 0 spiro atoms. The van der Waals surface area contributed by atoms with E-state index in [2.05, 4.69) is 22.2 Å². The van der Waals surface area contributed by atoms with Crippen LogP contribution in [0.5, 0.6) is 5.75 Å². The topological polar surface area (TPSA) is 70.8 Å². The third kappa shape index (κ3) is 5.61. The Hall–Kier alpha value is -1.79. The maximum Gasteiger partial charge on any atom is 0.257 e. The van der Waals surface area contributed by atoms with Gasteiger partial charge in [0.1, 0.15) is 5.75 Å². The van der Waals surface area contributed by atoms with E-state index in [1.165, 1.54) is 0 Å². The number of benzene rings is 1. The molecule has 0 radical (unpaired) electrons. The van der Waals surface area contributed by atoms with Gasteiger partial charge in [-0.2, -0.15) is 0 Å². The fraction of sp³-hybridized carbons (Fsp3) is 0.533. The van der Waals surface area contributed by atoms with Crippen LogP contribution in [0.25, 0.3) is 0 Å². The second-order valence-electron chi connectivity index (χ2n) is 5.35. The quantitative estimate of drug-likeness (QED) is 0.723. The summed E-state index contributed by atoms with van der Waals surface area (Å²) in [7, 11) is 2.13. The number of carbonyl (C=O) groups excluding carboxylic acids is 1. The van der Waals surface area contributed by atoms with Crippen molar-refractivity contribution in [1.29, 1.82) is 0 Å². The van der Waals surface area contributed by atoms with Gasteiger partial charge in [0.2, 0.25) is 0 Å². The second kappa shape index (κ2) is 7.85. The molecule has 1 fully saturated rings. The van der Waals surface area contributed by atoms with E-state index in [4.69, 9.17) is 10.5 Å². The van der Waals surface area contributed by atoms with E-state index < -0.39 is 0 Å². The molecule has 116 valence electrons. The summed E-state index contributed by atoms with van der Waals surface area (Å²) in [5.41, 5.74) is 6.26. The maximum atomic E-state index is 11.7. The molecule has 0 bridgehead atoms. The van der Waals surface area contributed by atoms with Gasteiger partial charge < -0.3 is 20.7 Å². The van der Waals surface area contributed by atoms with Crippen molar-refractivity contribution >= 4 is 11.6 Å². The average Bonchev–Trinajstić information content (AvgIpc) is 2.49. The van der Waals surface area contributed by atoms with Gasteiger partial charge in [0.15, 0.2) is 6.61 Å². The normalized spacial score (nSPS) is 16.6. The van der Waals surface area contributed by atoms with Gasteiger partial charge in [-0.05, 0) is 31.3 Å². The molecule has 1 amide bonds. The minimum absolute atomic E-state index is 0.0344. The Bertz CT molecular complexity index is 441. The zero-order valence-electron chi connectivity index (χ0n) is 12.5. The molecular formula is C15H24N4O2. The number of nitrogens with one attached hydrogen (secondary N) is 1. The van der Waals surface area contributed by atoms with Crippen LogP contribution in [0, 0.1) is 0 Å². The van der Waals surface area contributed by atoms with E-state index in [9.17, 15) is 4.79 Å². The Morgan fingerprint density at radius 3 is 2.57 bits per heavy atom. The number of nitrogens with two attached hydrogens (primary N) is 1. The highest BCUT2D eigenvalue weighted by atomic mass is 16.5. The van der Waals surface area contributed by atoms with Crippen LogP contribution < -0.4 is 15.8 Å². The Labute approximate surface area is 125 Å². The molecule has 0 aromatic heterocycles. The molecule has 6 nitrogen and oxygen atoms in total. The van der Waals surface area contributed by atoms with E-state index >= 15 is 0 Å². The first-order chi connectivity index (χ1) is 10.1. The lowest BCUT2D eigenvalue weighted by atomic mass is 10.3. The van der Waals surface area contributed by atoms with Crippen molar-refractivity contribution in [3.8, 4) is 5.75 Å². The molecule has 0 saturated carbocycles. The number of amides is 1. The summed E-state index contributed by atoms with van der Waals surface area (Å²) >= 11 is 0. The van der Waals surface area contributed by atoms with Crippen LogP contribution in [0.4, 0.5) is 5.69 Å². The molecule has 1 aromatic rings. The highest BCUT2D eigenvalue weighted by Gasteiger charge is 2.13. The number of hydrogen-bond donors (Lipinski definition) is 2. The van der Waals surface area contributed by atoms with Crippen LogP contribution in [-0.2, 0) is 4.79 Å². The minimum atomic E-state index is -0.0963. The van der Waals surface area contributed by atoms with Crippen LogP contribution in [0.15, 0.2) is 24.3 Å². The van der Waals surface area contributed by atoms with Crippen molar-refractivity contribution in [3.05, 3.63) is 24.3 Å². The predicted octanol–water partition coefficient (Wildman–Crippen LogP) is 0.0112. The van der Waals surface area contributed by atoms with Crippen molar-refractivity contribution in [2.24, 2.45) is 0 Å². The Morgan fingerprint density at radius 1 is 1.24 bits per heavy atom. The number of anilines is 1. The fourth-order valence-corrected chi connectivity index (χ4v) is 2.19. The molecular weight excluding hydrogens is 268 g/mol. The van der Waals surface area contributed by atoms with E-state index in [-0.39, 0.29) is 12.5 Å². The predicted molar refractivity (Wildman–Crippen MR) is 83.3 cm³/mol. The summed E-state index contributed by atoms with van der Waals surface area (Å²) in [4.78, 5) is 16.4. The molecule has 3 N–H and O–H groups in total. The lowest BCUT2D eigenvalue weighted by Gasteiger charge is -2.32. The second-order valence-corrected chi connectivity index (χ2v) is 5.35. The smallest absolute Gasteiger partial charge is 0.257 e. The van der Waals surface area contributed by atoms with Crippen LogP contribution in [0.1, 0.15) is 0 Å². The Balaban J connectivity index is 1.58.